The van der Waals surface area contributed by atoms with Gasteiger partial charge in [0.25, 0.3) is 5.91 Å². The summed E-state index contributed by atoms with van der Waals surface area (Å²) < 4.78 is 5.10. The molecule has 1 aliphatic rings. The molecule has 0 aliphatic carbocycles. The van der Waals surface area contributed by atoms with Crippen LogP contribution in [0.5, 0.6) is 5.75 Å². The molecule has 2 aromatic carbocycles. The normalized spacial score (nSPS) is 13.0. The molecule has 0 bridgehead atoms. The van der Waals surface area contributed by atoms with Crippen LogP contribution in [0.15, 0.2) is 47.4 Å². The number of rotatable bonds is 5. The number of fused-ring (bicyclic) bond motifs is 1. The second-order valence-corrected chi connectivity index (χ2v) is 7.44. The first kappa shape index (κ1) is 19.8. The van der Waals surface area contributed by atoms with Gasteiger partial charge in [0, 0.05) is 30.2 Å². The molecular formula is C20H21N3O4S. The summed E-state index contributed by atoms with van der Waals surface area (Å²) in [5.41, 5.74) is 1.67. The van der Waals surface area contributed by atoms with E-state index in [-0.39, 0.29) is 30.0 Å². The van der Waals surface area contributed by atoms with Crippen LogP contribution in [0.4, 0.5) is 11.4 Å². The average Bonchev–Trinajstić information content (AvgIpc) is 2.69. The lowest BCUT2D eigenvalue weighted by Crippen LogP contribution is -2.41. The zero-order valence-corrected chi connectivity index (χ0v) is 16.7. The number of anilines is 2. The highest BCUT2D eigenvalue weighted by molar-refractivity contribution is 8.00. The van der Waals surface area contributed by atoms with E-state index in [1.54, 1.807) is 57.6 Å². The molecule has 0 saturated heterocycles. The summed E-state index contributed by atoms with van der Waals surface area (Å²) >= 11 is 1.40. The minimum absolute atomic E-state index is 0.127. The number of amides is 3. The fraction of sp³-hybridized carbons (Fsp3) is 0.250. The second kappa shape index (κ2) is 8.35. The van der Waals surface area contributed by atoms with Gasteiger partial charge in [0.05, 0.1) is 18.6 Å². The van der Waals surface area contributed by atoms with E-state index >= 15 is 0 Å². The van der Waals surface area contributed by atoms with Gasteiger partial charge in [-0.2, -0.15) is 0 Å². The molecule has 8 heteroatoms. The maximum Gasteiger partial charge on any atom is 0.253 e. The molecule has 146 valence electrons. The SMILES string of the molecule is COc1ccc(NC(=O)CN2C(=O)CSc3ccc(C(=O)N(C)C)cc32)cc1. The first-order valence-electron chi connectivity index (χ1n) is 8.62. The zero-order valence-electron chi connectivity index (χ0n) is 15.9. The van der Waals surface area contributed by atoms with Crippen LogP contribution in [0.2, 0.25) is 0 Å². The van der Waals surface area contributed by atoms with Crippen molar-refractivity contribution in [1.82, 2.24) is 4.90 Å². The van der Waals surface area contributed by atoms with Crippen molar-refractivity contribution in [2.75, 3.05) is 43.7 Å². The molecule has 0 aromatic heterocycles. The standard InChI is InChI=1S/C20H21N3O4S/c1-22(2)20(26)13-4-9-17-16(10-13)23(19(25)12-28-17)11-18(24)21-14-5-7-15(27-3)8-6-14/h4-10H,11-12H2,1-3H3,(H,21,24). The van der Waals surface area contributed by atoms with Crippen LogP contribution in [-0.4, -0.2) is 56.1 Å². The number of nitrogens with zero attached hydrogens (tertiary/aromatic N) is 2. The zero-order chi connectivity index (χ0) is 20.3. The highest BCUT2D eigenvalue weighted by atomic mass is 32.2. The molecule has 0 spiro atoms. The molecule has 0 saturated carbocycles. The number of ether oxygens (including phenoxy) is 1. The molecule has 3 rings (SSSR count). The molecule has 1 N–H and O–H groups in total. The Kier molecular flexibility index (Phi) is 5.89. The predicted octanol–water partition coefficient (Wildman–Crippen LogP) is 2.47. The Balaban J connectivity index is 1.79. The van der Waals surface area contributed by atoms with Gasteiger partial charge in [-0.3, -0.25) is 14.4 Å². The molecule has 2 aromatic rings. The van der Waals surface area contributed by atoms with Crippen LogP contribution in [-0.2, 0) is 9.59 Å². The highest BCUT2D eigenvalue weighted by Crippen LogP contribution is 2.36. The van der Waals surface area contributed by atoms with E-state index in [4.69, 9.17) is 4.74 Å². The van der Waals surface area contributed by atoms with Crippen LogP contribution in [0, 0.1) is 0 Å². The van der Waals surface area contributed by atoms with Crippen LogP contribution in [0.3, 0.4) is 0 Å². The van der Waals surface area contributed by atoms with Crippen molar-refractivity contribution < 1.29 is 19.1 Å². The summed E-state index contributed by atoms with van der Waals surface area (Å²) in [5.74, 6) is 0.295. The lowest BCUT2D eigenvalue weighted by molar-refractivity contribution is -0.120. The monoisotopic (exact) mass is 399 g/mol. The van der Waals surface area contributed by atoms with E-state index in [9.17, 15) is 14.4 Å². The van der Waals surface area contributed by atoms with Gasteiger partial charge in [-0.05, 0) is 42.5 Å². The summed E-state index contributed by atoms with van der Waals surface area (Å²) in [6.07, 6.45) is 0. The molecule has 0 radical (unpaired) electrons. The quantitative estimate of drug-likeness (QED) is 0.836. The molecule has 0 unspecified atom stereocenters. The number of nitrogens with one attached hydrogen (secondary N) is 1. The second-order valence-electron chi connectivity index (χ2n) is 6.43. The van der Waals surface area contributed by atoms with Crippen molar-refractivity contribution in [2.45, 2.75) is 4.90 Å². The number of carbonyl (C=O) groups excluding carboxylic acids is 3. The minimum Gasteiger partial charge on any atom is -0.497 e. The topological polar surface area (TPSA) is 79.0 Å². The number of hydrogen-bond acceptors (Lipinski definition) is 5. The van der Waals surface area contributed by atoms with Gasteiger partial charge in [-0.25, -0.2) is 0 Å². The van der Waals surface area contributed by atoms with Crippen molar-refractivity contribution >= 4 is 40.9 Å². The van der Waals surface area contributed by atoms with Crippen molar-refractivity contribution in [1.29, 1.82) is 0 Å². The first-order chi connectivity index (χ1) is 13.4. The molecule has 1 heterocycles. The molecule has 1 aliphatic heterocycles. The van der Waals surface area contributed by atoms with E-state index < -0.39 is 0 Å². The van der Waals surface area contributed by atoms with Gasteiger partial charge in [-0.15, -0.1) is 11.8 Å². The van der Waals surface area contributed by atoms with Crippen LogP contribution >= 0.6 is 11.8 Å². The van der Waals surface area contributed by atoms with E-state index in [2.05, 4.69) is 5.32 Å². The lowest BCUT2D eigenvalue weighted by Gasteiger charge is -2.29. The lowest BCUT2D eigenvalue weighted by atomic mass is 10.1. The third kappa shape index (κ3) is 4.28. The Hall–Kier alpha value is -3.00. The highest BCUT2D eigenvalue weighted by Gasteiger charge is 2.27. The van der Waals surface area contributed by atoms with Crippen LogP contribution < -0.4 is 15.0 Å². The minimum atomic E-state index is -0.319. The van der Waals surface area contributed by atoms with Crippen molar-refractivity contribution in [3.63, 3.8) is 0 Å². The fourth-order valence-corrected chi connectivity index (χ4v) is 3.70. The van der Waals surface area contributed by atoms with Gasteiger partial charge in [0.2, 0.25) is 11.8 Å². The van der Waals surface area contributed by atoms with Crippen molar-refractivity contribution in [2.24, 2.45) is 0 Å². The summed E-state index contributed by atoms with van der Waals surface area (Å²) in [4.78, 5) is 41.0. The summed E-state index contributed by atoms with van der Waals surface area (Å²) in [5, 5.41) is 2.78. The molecule has 0 atom stereocenters. The number of thioether (sulfide) groups is 1. The third-order valence-corrected chi connectivity index (χ3v) is 5.28. The van der Waals surface area contributed by atoms with E-state index in [1.165, 1.54) is 21.6 Å². The Morgan fingerprint density at radius 3 is 2.54 bits per heavy atom. The van der Waals surface area contributed by atoms with Gasteiger partial charge < -0.3 is 19.9 Å². The molecule has 3 amide bonds. The average molecular weight is 399 g/mol. The summed E-state index contributed by atoms with van der Waals surface area (Å²) in [6.45, 7) is -0.127. The van der Waals surface area contributed by atoms with E-state index in [0.717, 1.165) is 4.90 Å². The third-order valence-electron chi connectivity index (χ3n) is 4.23. The predicted molar refractivity (Wildman–Crippen MR) is 109 cm³/mol. The van der Waals surface area contributed by atoms with Crippen molar-refractivity contribution in [3.8, 4) is 5.75 Å². The number of hydrogen-bond donors (Lipinski definition) is 1. The molecule has 7 nitrogen and oxygen atoms in total. The maximum atomic E-state index is 12.5. The fourth-order valence-electron chi connectivity index (χ4n) is 2.79. The Labute approximate surface area is 167 Å². The molecule has 0 fully saturated rings. The number of methoxy groups -OCH3 is 1. The van der Waals surface area contributed by atoms with Crippen LogP contribution in [0.25, 0.3) is 0 Å². The van der Waals surface area contributed by atoms with Gasteiger partial charge in [0.1, 0.15) is 12.3 Å². The van der Waals surface area contributed by atoms with E-state index in [0.29, 0.717) is 22.7 Å². The number of benzene rings is 2. The van der Waals surface area contributed by atoms with Crippen molar-refractivity contribution in [3.05, 3.63) is 48.0 Å². The molecule has 28 heavy (non-hydrogen) atoms. The number of carbonyl (C=O) groups is 3. The molecular weight excluding hydrogens is 378 g/mol. The van der Waals surface area contributed by atoms with Gasteiger partial charge in [0.15, 0.2) is 0 Å². The smallest absolute Gasteiger partial charge is 0.253 e. The van der Waals surface area contributed by atoms with Gasteiger partial charge >= 0.3 is 0 Å². The Morgan fingerprint density at radius 1 is 1.18 bits per heavy atom. The maximum absolute atomic E-state index is 12.5. The Bertz CT molecular complexity index is 912. The van der Waals surface area contributed by atoms with E-state index in [1.807, 2.05) is 6.07 Å². The van der Waals surface area contributed by atoms with Gasteiger partial charge in [-0.1, -0.05) is 0 Å². The first-order valence-corrected chi connectivity index (χ1v) is 9.60. The summed E-state index contributed by atoms with van der Waals surface area (Å²) in [7, 11) is 4.91. The van der Waals surface area contributed by atoms with Crippen LogP contribution in [0.1, 0.15) is 10.4 Å². The summed E-state index contributed by atoms with van der Waals surface area (Å²) in [6, 6.07) is 12.2. The Morgan fingerprint density at radius 2 is 1.89 bits per heavy atom. The largest absolute Gasteiger partial charge is 0.497 e.